The minimum atomic E-state index is -0.0650. The maximum atomic E-state index is 13.3. The van der Waals surface area contributed by atoms with Gasteiger partial charge in [-0.15, -0.1) is 0 Å². The highest BCUT2D eigenvalue weighted by Gasteiger charge is 2.55. The Balaban J connectivity index is 1.31. The lowest BCUT2D eigenvalue weighted by atomic mass is 9.64. The molecule has 0 radical (unpaired) electrons. The first-order chi connectivity index (χ1) is 15.2. The van der Waals surface area contributed by atoms with E-state index in [1.807, 2.05) is 30.3 Å². The van der Waals surface area contributed by atoms with E-state index in [9.17, 15) is 4.79 Å². The lowest BCUT2D eigenvalue weighted by Gasteiger charge is -2.55. The number of H-pyrrole nitrogens is 1. The van der Waals surface area contributed by atoms with Gasteiger partial charge in [-0.25, -0.2) is 0 Å². The number of fused-ring (bicyclic) bond motifs is 1. The summed E-state index contributed by atoms with van der Waals surface area (Å²) in [5.41, 5.74) is 3.97. The SMILES string of the molecule is O=C(NC1C2CN3CCN(C2)CC1(c1ccccc1)C3)c1ccc(-c2ccn[nH]2)cc1. The Bertz CT molecular complexity index is 1050. The molecule has 1 aromatic heterocycles. The molecule has 1 amide bonds. The maximum absolute atomic E-state index is 13.3. The van der Waals surface area contributed by atoms with E-state index in [1.165, 1.54) is 5.56 Å². The van der Waals surface area contributed by atoms with Crippen LogP contribution in [0.5, 0.6) is 0 Å². The predicted molar refractivity (Wildman–Crippen MR) is 120 cm³/mol. The number of benzene rings is 2. The van der Waals surface area contributed by atoms with Gasteiger partial charge in [0, 0.05) is 68.4 Å². The van der Waals surface area contributed by atoms with Crippen LogP contribution < -0.4 is 5.32 Å². The highest BCUT2D eigenvalue weighted by Crippen LogP contribution is 2.43. The third kappa shape index (κ3) is 3.18. The Kier molecular flexibility index (Phi) is 4.44. The Morgan fingerprint density at radius 2 is 1.68 bits per heavy atom. The van der Waals surface area contributed by atoms with Gasteiger partial charge >= 0.3 is 0 Å². The molecule has 4 bridgehead atoms. The quantitative estimate of drug-likeness (QED) is 0.689. The number of carbonyl (C=O) groups is 1. The molecule has 2 aromatic carbocycles. The van der Waals surface area contributed by atoms with Crippen molar-refractivity contribution in [1.82, 2.24) is 25.3 Å². The van der Waals surface area contributed by atoms with Crippen molar-refractivity contribution >= 4 is 5.91 Å². The molecule has 3 atom stereocenters. The molecule has 7 rings (SSSR count). The fourth-order valence-corrected chi connectivity index (χ4v) is 6.01. The molecule has 3 aromatic rings. The smallest absolute Gasteiger partial charge is 0.251 e. The highest BCUT2D eigenvalue weighted by atomic mass is 16.1. The van der Waals surface area contributed by atoms with Crippen molar-refractivity contribution in [2.75, 3.05) is 39.3 Å². The normalized spacial score (nSPS) is 31.4. The summed E-state index contributed by atoms with van der Waals surface area (Å²) in [6, 6.07) is 20.7. The average Bonchev–Trinajstić information content (AvgIpc) is 3.23. The van der Waals surface area contributed by atoms with E-state index >= 15 is 0 Å². The van der Waals surface area contributed by atoms with Crippen molar-refractivity contribution in [3.8, 4) is 11.3 Å². The predicted octanol–water partition coefficient (Wildman–Crippen LogP) is 2.37. The van der Waals surface area contributed by atoms with Crippen LogP contribution in [0.4, 0.5) is 0 Å². The molecule has 4 aliphatic heterocycles. The fourth-order valence-electron chi connectivity index (χ4n) is 6.01. The first-order valence-corrected chi connectivity index (χ1v) is 11.1. The second-order valence-corrected chi connectivity index (χ2v) is 9.25. The van der Waals surface area contributed by atoms with Crippen LogP contribution in [0.3, 0.4) is 0 Å². The molecule has 0 aliphatic carbocycles. The number of hydrogen-bond donors (Lipinski definition) is 2. The molecular formula is C25H27N5O. The number of carbonyl (C=O) groups excluding carboxylic acids is 1. The van der Waals surface area contributed by atoms with E-state index in [0.717, 1.165) is 50.5 Å². The zero-order chi connectivity index (χ0) is 20.8. The summed E-state index contributed by atoms with van der Waals surface area (Å²) in [5, 5.41) is 10.5. The van der Waals surface area contributed by atoms with Crippen LogP contribution in [0.2, 0.25) is 0 Å². The third-order valence-electron chi connectivity index (χ3n) is 7.39. The topological polar surface area (TPSA) is 64.3 Å². The van der Waals surface area contributed by atoms with Gasteiger partial charge in [0.25, 0.3) is 5.91 Å². The Hall–Kier alpha value is -2.96. The summed E-state index contributed by atoms with van der Waals surface area (Å²) in [7, 11) is 0. The molecule has 31 heavy (non-hydrogen) atoms. The van der Waals surface area contributed by atoms with Gasteiger partial charge in [-0.3, -0.25) is 9.89 Å². The van der Waals surface area contributed by atoms with E-state index in [-0.39, 0.29) is 17.4 Å². The zero-order valence-corrected chi connectivity index (χ0v) is 17.5. The fraction of sp³-hybridized carbons (Fsp3) is 0.360. The molecule has 4 fully saturated rings. The van der Waals surface area contributed by atoms with Crippen LogP contribution in [0.15, 0.2) is 66.9 Å². The van der Waals surface area contributed by atoms with Crippen molar-refractivity contribution < 1.29 is 4.79 Å². The van der Waals surface area contributed by atoms with Gasteiger partial charge in [0.1, 0.15) is 0 Å². The van der Waals surface area contributed by atoms with Crippen LogP contribution in [0.1, 0.15) is 15.9 Å². The molecule has 4 aliphatic rings. The van der Waals surface area contributed by atoms with E-state index in [4.69, 9.17) is 0 Å². The van der Waals surface area contributed by atoms with Gasteiger partial charge in [0.05, 0.1) is 5.69 Å². The summed E-state index contributed by atoms with van der Waals surface area (Å²) in [5.74, 6) is 0.464. The molecule has 3 unspecified atom stereocenters. The molecular weight excluding hydrogens is 386 g/mol. The second kappa shape index (κ2) is 7.32. The zero-order valence-electron chi connectivity index (χ0n) is 17.5. The van der Waals surface area contributed by atoms with Crippen molar-refractivity contribution in [2.45, 2.75) is 11.5 Å². The lowest BCUT2D eigenvalue weighted by Crippen LogP contribution is -2.70. The summed E-state index contributed by atoms with van der Waals surface area (Å²) in [6.07, 6.45) is 1.74. The van der Waals surface area contributed by atoms with Crippen LogP contribution in [0.25, 0.3) is 11.3 Å². The monoisotopic (exact) mass is 413 g/mol. The van der Waals surface area contributed by atoms with E-state index in [1.54, 1.807) is 6.20 Å². The van der Waals surface area contributed by atoms with Gasteiger partial charge in [-0.05, 0) is 29.3 Å². The van der Waals surface area contributed by atoms with Crippen molar-refractivity contribution in [3.05, 3.63) is 78.0 Å². The van der Waals surface area contributed by atoms with Crippen LogP contribution in [-0.4, -0.2) is 71.2 Å². The standard InChI is InChI=1S/C25H27N5O/c31-24(19-8-6-18(7-9-19)22-10-11-26-28-22)27-23-20-14-29-12-13-30(15-20)17-25(23,16-29)21-4-2-1-3-5-21/h1-11,20,23H,12-17H2,(H,26,28)(H,27,31). The Morgan fingerprint density at radius 1 is 0.968 bits per heavy atom. The summed E-state index contributed by atoms with van der Waals surface area (Å²) in [4.78, 5) is 18.5. The maximum Gasteiger partial charge on any atom is 0.251 e. The van der Waals surface area contributed by atoms with Crippen LogP contribution in [0, 0.1) is 5.92 Å². The minimum absolute atomic E-state index is 0.0209. The molecule has 4 saturated heterocycles. The number of nitrogens with zero attached hydrogens (tertiary/aromatic N) is 3. The van der Waals surface area contributed by atoms with Gasteiger partial charge in [0.15, 0.2) is 0 Å². The minimum Gasteiger partial charge on any atom is -0.348 e. The molecule has 0 saturated carbocycles. The van der Waals surface area contributed by atoms with Crippen molar-refractivity contribution in [2.24, 2.45) is 5.92 Å². The first kappa shape index (κ1) is 18.8. The van der Waals surface area contributed by atoms with E-state index < -0.39 is 0 Å². The van der Waals surface area contributed by atoms with Crippen LogP contribution >= 0.6 is 0 Å². The number of hydrogen-bond acceptors (Lipinski definition) is 4. The molecule has 6 heteroatoms. The number of aromatic amines is 1. The molecule has 2 N–H and O–H groups in total. The largest absolute Gasteiger partial charge is 0.348 e. The average molecular weight is 414 g/mol. The van der Waals surface area contributed by atoms with Gasteiger partial charge < -0.3 is 15.1 Å². The van der Waals surface area contributed by atoms with Gasteiger partial charge in [-0.1, -0.05) is 42.5 Å². The highest BCUT2D eigenvalue weighted by molar-refractivity contribution is 5.95. The van der Waals surface area contributed by atoms with Crippen LogP contribution in [-0.2, 0) is 5.41 Å². The number of aromatic nitrogens is 2. The van der Waals surface area contributed by atoms with E-state index in [2.05, 4.69) is 55.6 Å². The van der Waals surface area contributed by atoms with Crippen molar-refractivity contribution in [1.29, 1.82) is 0 Å². The number of nitrogens with one attached hydrogen (secondary N) is 2. The molecule has 6 nitrogen and oxygen atoms in total. The molecule has 158 valence electrons. The summed E-state index contributed by atoms with van der Waals surface area (Å²) in [6.45, 7) is 6.40. The number of rotatable bonds is 4. The Morgan fingerprint density at radius 3 is 2.32 bits per heavy atom. The number of amides is 1. The Labute approximate surface area is 182 Å². The second-order valence-electron chi connectivity index (χ2n) is 9.25. The third-order valence-corrected chi connectivity index (χ3v) is 7.39. The number of piperidine rings is 2. The van der Waals surface area contributed by atoms with Gasteiger partial charge in [0.2, 0.25) is 0 Å². The molecule has 0 spiro atoms. The van der Waals surface area contributed by atoms with E-state index in [0.29, 0.717) is 11.5 Å². The molecule has 5 heterocycles. The van der Waals surface area contributed by atoms with Gasteiger partial charge in [-0.2, -0.15) is 5.10 Å². The first-order valence-electron chi connectivity index (χ1n) is 11.1. The van der Waals surface area contributed by atoms with Crippen molar-refractivity contribution in [3.63, 3.8) is 0 Å². The summed E-state index contributed by atoms with van der Waals surface area (Å²) < 4.78 is 0. The lowest BCUT2D eigenvalue weighted by molar-refractivity contribution is 0.0180. The summed E-state index contributed by atoms with van der Waals surface area (Å²) >= 11 is 0.